The average molecular weight is 351 g/mol. The Morgan fingerprint density at radius 2 is 1.73 bits per heavy atom. The molecule has 6 nitrogen and oxygen atoms in total. The molecule has 2 N–H and O–H groups in total. The molecule has 0 saturated heterocycles. The summed E-state index contributed by atoms with van der Waals surface area (Å²) in [6.07, 6.45) is 0.567. The number of aromatic nitrogens is 2. The normalized spacial score (nSPS) is 11.5. The van der Waals surface area contributed by atoms with Crippen LogP contribution in [-0.4, -0.2) is 32.1 Å². The highest BCUT2D eigenvalue weighted by Gasteiger charge is 2.28. The summed E-state index contributed by atoms with van der Waals surface area (Å²) in [4.78, 5) is 28.0. The number of rotatable bonds is 6. The van der Waals surface area contributed by atoms with E-state index in [-0.39, 0.29) is 12.3 Å². The van der Waals surface area contributed by atoms with Gasteiger partial charge in [0.1, 0.15) is 11.4 Å². The fraction of sp³-hybridized carbons (Fsp3) is 0.250. The van der Waals surface area contributed by atoms with Crippen molar-refractivity contribution < 1.29 is 14.7 Å². The number of hydrogen-bond donors (Lipinski definition) is 2. The molecule has 6 heteroatoms. The zero-order valence-electron chi connectivity index (χ0n) is 14.8. The number of para-hydroxylation sites is 3. The monoisotopic (exact) mass is 351 g/mol. The molecule has 0 atom stereocenters. The molecule has 134 valence electrons. The predicted molar refractivity (Wildman–Crippen MR) is 99.2 cm³/mol. The van der Waals surface area contributed by atoms with Gasteiger partial charge in [0.25, 0.3) is 0 Å². The molecule has 0 aliphatic carbocycles. The van der Waals surface area contributed by atoms with Gasteiger partial charge in [-0.15, -0.1) is 0 Å². The van der Waals surface area contributed by atoms with Crippen LogP contribution in [0.4, 0.5) is 0 Å². The number of carbonyl (C=O) groups is 2. The molecule has 0 bridgehead atoms. The van der Waals surface area contributed by atoms with Crippen molar-refractivity contribution in [2.24, 2.45) is 0 Å². The molecule has 1 aromatic heterocycles. The molecule has 0 aliphatic rings. The molecular weight excluding hydrogens is 330 g/mol. The predicted octanol–water partition coefficient (Wildman–Crippen LogP) is 2.94. The van der Waals surface area contributed by atoms with Gasteiger partial charge in [0.2, 0.25) is 5.91 Å². The van der Waals surface area contributed by atoms with Crippen LogP contribution in [0.1, 0.15) is 26.1 Å². The number of aliphatic carboxylic acids is 1. The minimum Gasteiger partial charge on any atom is -0.480 e. The highest BCUT2D eigenvalue weighted by molar-refractivity contribution is 5.86. The number of carboxylic acids is 1. The minimum absolute atomic E-state index is 0.160. The number of carbonyl (C=O) groups excluding carboxylic acids is 1. The number of nitrogens with one attached hydrogen (secondary N) is 1. The molecule has 1 amide bonds. The average Bonchev–Trinajstić information content (AvgIpc) is 2.98. The third-order valence-electron chi connectivity index (χ3n) is 4.21. The van der Waals surface area contributed by atoms with Crippen LogP contribution in [0.25, 0.3) is 16.7 Å². The van der Waals surface area contributed by atoms with Gasteiger partial charge in [0.15, 0.2) is 0 Å². The first-order valence-corrected chi connectivity index (χ1v) is 8.45. The van der Waals surface area contributed by atoms with E-state index in [1.165, 1.54) is 13.8 Å². The lowest BCUT2D eigenvalue weighted by Crippen LogP contribution is -2.49. The summed E-state index contributed by atoms with van der Waals surface area (Å²) in [7, 11) is 0. The van der Waals surface area contributed by atoms with Crippen molar-refractivity contribution in [2.45, 2.75) is 32.2 Å². The number of aryl methyl sites for hydroxylation is 1. The van der Waals surface area contributed by atoms with Crippen molar-refractivity contribution in [1.82, 2.24) is 14.9 Å². The second kappa shape index (κ2) is 7.00. The molecule has 0 radical (unpaired) electrons. The summed E-state index contributed by atoms with van der Waals surface area (Å²) in [6.45, 7) is 2.93. The SMILES string of the molecule is CC(C)(NC(=O)CCc1nc2ccccc2n1-c1ccccc1)C(=O)O. The Kier molecular flexibility index (Phi) is 4.75. The van der Waals surface area contributed by atoms with Crippen LogP contribution < -0.4 is 5.32 Å². The molecule has 0 fully saturated rings. The third kappa shape index (κ3) is 3.59. The summed E-state index contributed by atoms with van der Waals surface area (Å²) >= 11 is 0. The molecular formula is C20H21N3O3. The van der Waals surface area contributed by atoms with Crippen molar-refractivity contribution in [2.75, 3.05) is 0 Å². The van der Waals surface area contributed by atoms with E-state index in [2.05, 4.69) is 10.3 Å². The van der Waals surface area contributed by atoms with Crippen LogP contribution in [0.2, 0.25) is 0 Å². The molecule has 1 heterocycles. The van der Waals surface area contributed by atoms with Crippen LogP contribution in [0.3, 0.4) is 0 Å². The van der Waals surface area contributed by atoms with Crippen molar-refractivity contribution in [3.8, 4) is 5.69 Å². The zero-order chi connectivity index (χ0) is 18.7. The van der Waals surface area contributed by atoms with Crippen LogP contribution in [0, 0.1) is 0 Å². The molecule has 0 saturated carbocycles. The van der Waals surface area contributed by atoms with Crippen molar-refractivity contribution in [1.29, 1.82) is 0 Å². The Bertz CT molecular complexity index is 945. The van der Waals surface area contributed by atoms with E-state index in [4.69, 9.17) is 5.11 Å². The smallest absolute Gasteiger partial charge is 0.328 e. The van der Waals surface area contributed by atoms with Crippen LogP contribution in [0.15, 0.2) is 54.6 Å². The maximum absolute atomic E-state index is 12.2. The first-order chi connectivity index (χ1) is 12.4. The van der Waals surface area contributed by atoms with E-state index >= 15 is 0 Å². The van der Waals surface area contributed by atoms with E-state index in [9.17, 15) is 9.59 Å². The quantitative estimate of drug-likeness (QED) is 0.715. The van der Waals surface area contributed by atoms with Gasteiger partial charge in [-0.1, -0.05) is 30.3 Å². The number of amides is 1. The second-order valence-corrected chi connectivity index (χ2v) is 6.67. The summed E-state index contributed by atoms with van der Waals surface area (Å²) in [5, 5.41) is 11.7. The van der Waals surface area contributed by atoms with Crippen LogP contribution in [0.5, 0.6) is 0 Å². The minimum atomic E-state index is -1.29. The molecule has 2 aromatic carbocycles. The lowest BCUT2D eigenvalue weighted by Gasteiger charge is -2.20. The zero-order valence-corrected chi connectivity index (χ0v) is 14.8. The van der Waals surface area contributed by atoms with Gasteiger partial charge >= 0.3 is 5.97 Å². The maximum atomic E-state index is 12.2. The number of imidazole rings is 1. The van der Waals surface area contributed by atoms with Gasteiger partial charge in [0.05, 0.1) is 11.0 Å². The Morgan fingerprint density at radius 3 is 2.42 bits per heavy atom. The highest BCUT2D eigenvalue weighted by Crippen LogP contribution is 2.22. The Balaban J connectivity index is 1.87. The van der Waals surface area contributed by atoms with Crippen molar-refractivity contribution in [3.63, 3.8) is 0 Å². The number of nitrogens with zero attached hydrogens (tertiary/aromatic N) is 2. The summed E-state index contributed by atoms with van der Waals surface area (Å²) in [6, 6.07) is 17.6. The molecule has 26 heavy (non-hydrogen) atoms. The van der Waals surface area contributed by atoms with E-state index in [1.54, 1.807) is 0 Å². The number of hydrogen-bond acceptors (Lipinski definition) is 3. The Morgan fingerprint density at radius 1 is 1.08 bits per heavy atom. The first-order valence-electron chi connectivity index (χ1n) is 8.45. The van der Waals surface area contributed by atoms with Gasteiger partial charge in [0, 0.05) is 18.5 Å². The fourth-order valence-electron chi connectivity index (χ4n) is 2.80. The van der Waals surface area contributed by atoms with Gasteiger partial charge in [-0.25, -0.2) is 9.78 Å². The van der Waals surface area contributed by atoms with Gasteiger partial charge < -0.3 is 10.4 Å². The maximum Gasteiger partial charge on any atom is 0.328 e. The van der Waals surface area contributed by atoms with E-state index in [1.807, 2.05) is 59.2 Å². The topological polar surface area (TPSA) is 84.2 Å². The van der Waals surface area contributed by atoms with Crippen LogP contribution >= 0.6 is 0 Å². The van der Waals surface area contributed by atoms with Crippen LogP contribution in [-0.2, 0) is 16.0 Å². The largest absolute Gasteiger partial charge is 0.480 e. The molecule has 3 rings (SSSR count). The Hall–Kier alpha value is -3.15. The number of benzene rings is 2. The van der Waals surface area contributed by atoms with E-state index in [0.29, 0.717) is 6.42 Å². The molecule has 3 aromatic rings. The van der Waals surface area contributed by atoms with Crippen molar-refractivity contribution >= 4 is 22.9 Å². The van der Waals surface area contributed by atoms with E-state index in [0.717, 1.165) is 22.5 Å². The fourth-order valence-corrected chi connectivity index (χ4v) is 2.80. The number of fused-ring (bicyclic) bond motifs is 1. The molecule has 0 unspecified atom stereocenters. The number of carboxylic acid groups (broad SMARTS) is 1. The second-order valence-electron chi connectivity index (χ2n) is 6.67. The van der Waals surface area contributed by atoms with E-state index < -0.39 is 11.5 Å². The lowest BCUT2D eigenvalue weighted by molar-refractivity contribution is -0.146. The summed E-state index contributed by atoms with van der Waals surface area (Å²) in [5.74, 6) is -0.618. The summed E-state index contributed by atoms with van der Waals surface area (Å²) in [5.41, 5.74) is 1.51. The first kappa shape index (κ1) is 17.7. The van der Waals surface area contributed by atoms with Gasteiger partial charge in [-0.05, 0) is 38.1 Å². The molecule has 0 aliphatic heterocycles. The molecule has 0 spiro atoms. The lowest BCUT2D eigenvalue weighted by atomic mass is 10.1. The van der Waals surface area contributed by atoms with Crippen molar-refractivity contribution in [3.05, 3.63) is 60.4 Å². The van der Waals surface area contributed by atoms with Gasteiger partial charge in [-0.2, -0.15) is 0 Å². The third-order valence-corrected chi connectivity index (χ3v) is 4.21. The summed E-state index contributed by atoms with van der Waals surface area (Å²) < 4.78 is 2.03. The standard InChI is InChI=1S/C20H21N3O3/c1-20(2,19(25)26)22-18(24)13-12-17-21-15-10-6-7-11-16(15)23(17)14-8-4-3-5-9-14/h3-11H,12-13H2,1-2H3,(H,22,24)(H,25,26). The Labute approximate surface area is 151 Å². The highest BCUT2D eigenvalue weighted by atomic mass is 16.4. The van der Waals surface area contributed by atoms with Gasteiger partial charge in [-0.3, -0.25) is 9.36 Å².